The molecule has 136 valence electrons. The molecule has 0 unspecified atom stereocenters. The average molecular weight is 372 g/mol. The minimum Gasteiger partial charge on any atom is -0.726 e. The Morgan fingerprint density at radius 2 is 1.73 bits per heavy atom. The smallest absolute Gasteiger partial charge is 0.288 e. The van der Waals surface area contributed by atoms with Crippen LogP contribution in [0.25, 0.3) is 32.8 Å². The number of benzene rings is 2. The maximum Gasteiger partial charge on any atom is 0.288 e. The number of aromatic amines is 1. The maximum atomic E-state index is 9.22. The Balaban J connectivity index is 0.000000286. The van der Waals surface area contributed by atoms with Gasteiger partial charge in [0.15, 0.2) is 0 Å². The van der Waals surface area contributed by atoms with Crippen LogP contribution in [0, 0.1) is 13.8 Å². The first-order valence-electron chi connectivity index (χ1n) is 8.03. The number of fused-ring (bicyclic) bond motifs is 4. The van der Waals surface area contributed by atoms with Gasteiger partial charge in [-0.2, -0.15) is 0 Å². The number of para-hydroxylation sites is 1. The minimum atomic E-state index is -4.41. The first-order valence-corrected chi connectivity index (χ1v) is 9.37. The van der Waals surface area contributed by atoms with Crippen LogP contribution < -0.4 is 4.57 Å². The molecule has 0 radical (unpaired) electrons. The van der Waals surface area contributed by atoms with E-state index in [-0.39, 0.29) is 0 Å². The van der Waals surface area contributed by atoms with Gasteiger partial charge in [0, 0.05) is 10.8 Å². The lowest BCUT2D eigenvalue weighted by atomic mass is 10.0. The highest BCUT2D eigenvalue weighted by atomic mass is 32.3. The second-order valence-corrected chi connectivity index (χ2v) is 7.32. The van der Waals surface area contributed by atoms with E-state index < -0.39 is 10.4 Å². The van der Waals surface area contributed by atoms with Gasteiger partial charge in [0.1, 0.15) is 11.0 Å². The molecular formula is C19H20N2O4S. The van der Waals surface area contributed by atoms with E-state index in [1.165, 1.54) is 44.0 Å². The zero-order valence-corrected chi connectivity index (χ0v) is 15.8. The largest absolute Gasteiger partial charge is 0.726 e. The molecule has 0 saturated carbocycles. The molecule has 0 aliphatic carbocycles. The van der Waals surface area contributed by atoms with Crippen molar-refractivity contribution in [2.75, 3.05) is 7.11 Å². The van der Waals surface area contributed by atoms with E-state index >= 15 is 0 Å². The highest BCUT2D eigenvalue weighted by Gasteiger charge is 2.19. The summed E-state index contributed by atoms with van der Waals surface area (Å²) in [4.78, 5) is 3.57. The number of nitrogens with one attached hydrogen (secondary N) is 1. The quantitative estimate of drug-likeness (QED) is 0.316. The zero-order chi connectivity index (χ0) is 19.1. The van der Waals surface area contributed by atoms with Crippen molar-refractivity contribution in [2.45, 2.75) is 13.8 Å². The molecule has 0 spiro atoms. The van der Waals surface area contributed by atoms with E-state index in [4.69, 9.17) is 0 Å². The van der Waals surface area contributed by atoms with Crippen molar-refractivity contribution in [2.24, 2.45) is 7.05 Å². The molecule has 2 heterocycles. The fourth-order valence-corrected chi connectivity index (χ4v) is 3.26. The molecule has 7 heteroatoms. The molecule has 0 fully saturated rings. The topological polar surface area (TPSA) is 86.1 Å². The van der Waals surface area contributed by atoms with E-state index in [1.807, 2.05) is 0 Å². The normalized spacial score (nSPS) is 11.7. The van der Waals surface area contributed by atoms with Gasteiger partial charge < -0.3 is 4.55 Å². The van der Waals surface area contributed by atoms with Gasteiger partial charge in [-0.1, -0.05) is 29.8 Å². The number of H-pyrrole nitrogens is 1. The van der Waals surface area contributed by atoms with E-state index in [9.17, 15) is 13.0 Å². The Morgan fingerprint density at radius 3 is 2.38 bits per heavy atom. The van der Waals surface area contributed by atoms with Crippen molar-refractivity contribution < 1.29 is 21.7 Å². The van der Waals surface area contributed by atoms with E-state index in [0.717, 1.165) is 7.11 Å². The lowest BCUT2D eigenvalue weighted by Crippen LogP contribution is -2.30. The van der Waals surface area contributed by atoms with Crippen LogP contribution in [-0.2, 0) is 21.6 Å². The lowest BCUT2D eigenvalue weighted by Gasteiger charge is -2.05. The van der Waals surface area contributed by atoms with Crippen LogP contribution in [0.1, 0.15) is 11.1 Å². The van der Waals surface area contributed by atoms with Crippen LogP contribution in [0.2, 0.25) is 0 Å². The van der Waals surface area contributed by atoms with Gasteiger partial charge in [0.25, 0.3) is 5.65 Å². The summed E-state index contributed by atoms with van der Waals surface area (Å²) in [6, 6.07) is 15.2. The highest BCUT2D eigenvalue weighted by molar-refractivity contribution is 7.80. The van der Waals surface area contributed by atoms with Gasteiger partial charge in [-0.3, -0.25) is 4.18 Å². The van der Waals surface area contributed by atoms with Gasteiger partial charge in [-0.05, 0) is 37.6 Å². The van der Waals surface area contributed by atoms with Crippen molar-refractivity contribution in [1.29, 1.82) is 0 Å². The molecule has 0 atom stereocenters. The van der Waals surface area contributed by atoms with Crippen molar-refractivity contribution in [3.8, 4) is 0 Å². The molecule has 4 aromatic rings. The minimum absolute atomic E-state index is 0.808. The Morgan fingerprint density at radius 1 is 1.08 bits per heavy atom. The third kappa shape index (κ3) is 3.29. The Hall–Kier alpha value is -2.48. The summed E-state index contributed by atoms with van der Waals surface area (Å²) in [6.45, 7) is 4.37. The summed E-state index contributed by atoms with van der Waals surface area (Å²) in [5.41, 5.74) is 6.32. The fourth-order valence-electron chi connectivity index (χ4n) is 3.26. The third-order valence-corrected chi connectivity index (χ3v) is 4.93. The van der Waals surface area contributed by atoms with Crippen LogP contribution >= 0.6 is 0 Å². The van der Waals surface area contributed by atoms with Gasteiger partial charge in [-0.25, -0.2) is 18.0 Å². The molecule has 6 nitrogen and oxygen atoms in total. The summed E-state index contributed by atoms with van der Waals surface area (Å²) >= 11 is 0. The fraction of sp³-hybridized carbons (Fsp3) is 0.211. The van der Waals surface area contributed by atoms with Crippen LogP contribution in [-0.4, -0.2) is 25.1 Å². The molecule has 0 aliphatic heterocycles. The molecule has 1 N–H and O–H groups in total. The van der Waals surface area contributed by atoms with Crippen molar-refractivity contribution in [3.05, 3.63) is 53.6 Å². The monoisotopic (exact) mass is 372 g/mol. The number of hydrogen-bond acceptors (Lipinski definition) is 4. The zero-order valence-electron chi connectivity index (χ0n) is 15.0. The Kier molecular flexibility index (Phi) is 4.70. The van der Waals surface area contributed by atoms with Gasteiger partial charge in [0.05, 0.1) is 19.5 Å². The first kappa shape index (κ1) is 18.3. The van der Waals surface area contributed by atoms with Crippen LogP contribution in [0.5, 0.6) is 0 Å². The molecule has 0 bridgehead atoms. The van der Waals surface area contributed by atoms with E-state index in [1.54, 1.807) is 0 Å². The summed E-state index contributed by atoms with van der Waals surface area (Å²) in [5.74, 6) is 0. The Labute approximate surface area is 152 Å². The van der Waals surface area contributed by atoms with Crippen molar-refractivity contribution >= 4 is 43.2 Å². The van der Waals surface area contributed by atoms with Gasteiger partial charge >= 0.3 is 0 Å². The summed E-state index contributed by atoms with van der Waals surface area (Å²) in [7, 11) is -1.47. The number of aryl methyl sites for hydroxylation is 3. The second-order valence-electron chi connectivity index (χ2n) is 6.17. The summed E-state index contributed by atoms with van der Waals surface area (Å²) in [5, 5.41) is 3.98. The number of rotatable bonds is 1. The molecular weight excluding hydrogens is 352 g/mol. The number of nitrogens with zero attached hydrogens (tertiary/aromatic N) is 1. The number of hydrogen-bond donors (Lipinski definition) is 1. The van der Waals surface area contributed by atoms with E-state index in [2.05, 4.69) is 77.1 Å². The average Bonchev–Trinajstić information content (AvgIpc) is 2.98. The number of pyridine rings is 1. The molecule has 4 rings (SSSR count). The summed E-state index contributed by atoms with van der Waals surface area (Å²) in [6.07, 6.45) is 0. The summed E-state index contributed by atoms with van der Waals surface area (Å²) < 4.78 is 33.3. The predicted octanol–water partition coefficient (Wildman–Crippen LogP) is 3.01. The molecule has 2 aromatic heterocycles. The Bertz CT molecular complexity index is 1230. The third-order valence-electron chi connectivity index (χ3n) is 4.52. The molecule has 0 saturated heterocycles. The standard InChI is InChI=1S/C18H16N2.CH4O4S/c1-11-8-9-15-14(10-11)17-12(2)13-6-4-5-7-16(13)20(3)18(17)19-15;1-5-6(2,3)4/h4-10H,1-3H3;1H3,(H,2,3,4). The molecule has 2 aromatic carbocycles. The van der Waals surface area contributed by atoms with Gasteiger partial charge in [-0.15, -0.1) is 0 Å². The van der Waals surface area contributed by atoms with Crippen molar-refractivity contribution in [3.63, 3.8) is 0 Å². The van der Waals surface area contributed by atoms with Crippen LogP contribution in [0.3, 0.4) is 0 Å². The van der Waals surface area contributed by atoms with Crippen molar-refractivity contribution in [1.82, 2.24) is 4.98 Å². The lowest BCUT2D eigenvalue weighted by molar-refractivity contribution is -0.619. The molecule has 26 heavy (non-hydrogen) atoms. The molecule has 0 amide bonds. The first-order chi connectivity index (χ1) is 12.2. The SMILES string of the molecule is COS(=O)(=O)[O-].Cc1ccc2[nH]c3c(c(C)c4ccccc4[n+]3C)c2c1. The second kappa shape index (κ2) is 6.68. The number of aromatic nitrogens is 2. The van der Waals surface area contributed by atoms with Crippen LogP contribution in [0.15, 0.2) is 42.5 Å². The van der Waals surface area contributed by atoms with Crippen LogP contribution in [0.4, 0.5) is 0 Å². The van der Waals surface area contributed by atoms with Gasteiger partial charge in [0.2, 0.25) is 10.4 Å². The maximum absolute atomic E-state index is 9.22. The predicted molar refractivity (Wildman–Crippen MR) is 101 cm³/mol. The highest BCUT2D eigenvalue weighted by Crippen LogP contribution is 2.30. The van der Waals surface area contributed by atoms with E-state index in [0.29, 0.717) is 0 Å². The molecule has 0 aliphatic rings.